The Bertz CT molecular complexity index is 1530. The molecule has 0 spiro atoms. The molecule has 0 aliphatic carbocycles. The molecule has 0 fully saturated rings. The molecule has 0 aliphatic rings. The molecule has 3 unspecified atom stereocenters. The van der Waals surface area contributed by atoms with E-state index in [0.717, 1.165) is 89.9 Å². The SMILES string of the molecule is CCCCC/C=C\C/C=C\C/C=C\CCCCCCCCCCCCC(=O)OC(/C=C\CCCCCCCCCCCC)C(COP(=O)(O)OCC[N+](C)(C)C)NC(=O)CCCCCCCC/C=C/C=C/CCCCC. The maximum absolute atomic E-state index is 13.5. The zero-order valence-corrected chi connectivity index (χ0v) is 51.4. The molecule has 0 aromatic carbocycles. The highest BCUT2D eigenvalue weighted by Gasteiger charge is 2.30. The number of esters is 1. The maximum atomic E-state index is 13.5. The Morgan fingerprint density at radius 1 is 0.474 bits per heavy atom. The first-order chi connectivity index (χ1) is 36.9. The highest BCUT2D eigenvalue weighted by atomic mass is 31.2. The van der Waals surface area contributed by atoms with Crippen LogP contribution in [0.15, 0.2) is 72.9 Å². The van der Waals surface area contributed by atoms with Crippen LogP contribution in [0.4, 0.5) is 0 Å². The molecule has 442 valence electrons. The van der Waals surface area contributed by atoms with Gasteiger partial charge in [-0.2, -0.15) is 0 Å². The third kappa shape index (κ3) is 56.2. The van der Waals surface area contributed by atoms with Crippen molar-refractivity contribution >= 4 is 19.7 Å². The summed E-state index contributed by atoms with van der Waals surface area (Å²) in [5.41, 5.74) is 0. The van der Waals surface area contributed by atoms with Crippen LogP contribution in [0.2, 0.25) is 0 Å². The predicted octanol–water partition coefficient (Wildman–Crippen LogP) is 19.6. The Morgan fingerprint density at radius 3 is 1.30 bits per heavy atom. The molecule has 3 atom stereocenters. The quantitative estimate of drug-likeness (QED) is 0.0156. The first kappa shape index (κ1) is 73.5. The van der Waals surface area contributed by atoms with E-state index in [1.165, 1.54) is 161 Å². The lowest BCUT2D eigenvalue weighted by molar-refractivity contribution is -0.870. The molecule has 9 nitrogen and oxygen atoms in total. The van der Waals surface area contributed by atoms with E-state index >= 15 is 0 Å². The predicted molar refractivity (Wildman–Crippen MR) is 328 cm³/mol. The number of nitrogens with zero attached hydrogens (tertiary/aromatic N) is 1. The van der Waals surface area contributed by atoms with Gasteiger partial charge in [-0.05, 0) is 96.0 Å². The number of ether oxygens (including phenoxy) is 1. The summed E-state index contributed by atoms with van der Waals surface area (Å²) in [5, 5.41) is 3.05. The van der Waals surface area contributed by atoms with Crippen molar-refractivity contribution in [3.8, 4) is 0 Å². The second-order valence-corrected chi connectivity index (χ2v) is 24.1. The Hall–Kier alpha value is -2.55. The van der Waals surface area contributed by atoms with Crippen molar-refractivity contribution in [3.05, 3.63) is 72.9 Å². The molecule has 0 aromatic heterocycles. The van der Waals surface area contributed by atoms with Gasteiger partial charge in [0.2, 0.25) is 5.91 Å². The van der Waals surface area contributed by atoms with E-state index in [0.29, 0.717) is 17.4 Å². The van der Waals surface area contributed by atoms with E-state index in [1.807, 2.05) is 33.3 Å². The van der Waals surface area contributed by atoms with E-state index in [9.17, 15) is 19.0 Å². The van der Waals surface area contributed by atoms with Gasteiger partial charge >= 0.3 is 13.8 Å². The summed E-state index contributed by atoms with van der Waals surface area (Å²) in [6.07, 6.45) is 71.8. The lowest BCUT2D eigenvalue weighted by atomic mass is 10.0. The average Bonchev–Trinajstić information content (AvgIpc) is 3.38. The lowest BCUT2D eigenvalue weighted by Crippen LogP contribution is -2.47. The lowest BCUT2D eigenvalue weighted by Gasteiger charge is -2.27. The summed E-state index contributed by atoms with van der Waals surface area (Å²) in [4.78, 5) is 37.7. The molecule has 0 aliphatic heterocycles. The summed E-state index contributed by atoms with van der Waals surface area (Å²) in [5.74, 6) is -0.520. The average molecular weight is 1090 g/mol. The molecule has 0 heterocycles. The molecule has 0 saturated carbocycles. The van der Waals surface area contributed by atoms with Crippen molar-refractivity contribution in [2.45, 2.75) is 296 Å². The highest BCUT2D eigenvalue weighted by Crippen LogP contribution is 2.43. The number of allylic oxidation sites excluding steroid dienone is 11. The van der Waals surface area contributed by atoms with Crippen LogP contribution < -0.4 is 5.32 Å². The molecular formula is C66H122N2O7P+. The number of carbonyl (C=O) groups is 2. The summed E-state index contributed by atoms with van der Waals surface area (Å²) in [6.45, 7) is 6.95. The van der Waals surface area contributed by atoms with Gasteiger partial charge in [0, 0.05) is 12.8 Å². The number of carbonyl (C=O) groups excluding carboxylic acids is 2. The zero-order valence-electron chi connectivity index (χ0n) is 50.5. The number of unbranched alkanes of at least 4 members (excludes halogenated alkanes) is 32. The fourth-order valence-electron chi connectivity index (χ4n) is 8.94. The van der Waals surface area contributed by atoms with Gasteiger partial charge in [0.1, 0.15) is 19.3 Å². The van der Waals surface area contributed by atoms with Crippen LogP contribution in [0.5, 0.6) is 0 Å². The Labute approximate surface area is 470 Å². The molecular weight excluding hydrogens is 964 g/mol. The zero-order chi connectivity index (χ0) is 55.7. The van der Waals surface area contributed by atoms with E-state index < -0.39 is 20.0 Å². The highest BCUT2D eigenvalue weighted by molar-refractivity contribution is 7.47. The minimum Gasteiger partial charge on any atom is -0.456 e. The maximum Gasteiger partial charge on any atom is 0.472 e. The fraction of sp³-hybridized carbons (Fsp3) is 0.788. The van der Waals surface area contributed by atoms with Crippen molar-refractivity contribution in [1.29, 1.82) is 0 Å². The van der Waals surface area contributed by atoms with E-state index in [4.69, 9.17) is 13.8 Å². The second kappa shape index (κ2) is 55.8. The summed E-state index contributed by atoms with van der Waals surface area (Å²) >= 11 is 0. The van der Waals surface area contributed by atoms with Crippen LogP contribution in [0, 0.1) is 0 Å². The molecule has 0 saturated heterocycles. The third-order valence-electron chi connectivity index (χ3n) is 13.9. The first-order valence-corrected chi connectivity index (χ1v) is 33.3. The van der Waals surface area contributed by atoms with Crippen LogP contribution in [0.25, 0.3) is 0 Å². The van der Waals surface area contributed by atoms with E-state index in [-0.39, 0.29) is 31.5 Å². The molecule has 76 heavy (non-hydrogen) atoms. The van der Waals surface area contributed by atoms with Crippen LogP contribution in [0.3, 0.4) is 0 Å². The minimum absolute atomic E-state index is 0.0352. The number of quaternary nitrogens is 1. The number of hydrogen-bond acceptors (Lipinski definition) is 6. The van der Waals surface area contributed by atoms with Gasteiger partial charge in [0.05, 0.1) is 33.8 Å². The van der Waals surface area contributed by atoms with E-state index in [2.05, 4.69) is 86.8 Å². The standard InChI is InChI=1S/C66H121N2O7P/c1-7-10-13-16-19-22-25-28-30-31-32-33-34-35-36-37-39-41-44-47-50-53-56-59-66(70)75-64(57-54-51-48-45-42-27-24-21-18-15-12-9-3)63(62-74-76(71,72)73-61-60-68(4,5)6)67-65(69)58-55-52-49-46-43-40-38-29-26-23-20-17-14-11-8-2/h19-20,22-23,26,28-30,32-33,54,57,63-64H,7-18,21,24-25,27,31,34-53,55-56,58-62H2,1-6H3,(H-,67,69,71,72)/p+1/b22-19-,23-20+,29-26+,30-28-,33-32-,57-54-. The normalized spacial score (nSPS) is 14.1. The molecule has 0 bridgehead atoms. The Kier molecular flexibility index (Phi) is 53.9. The van der Waals surface area contributed by atoms with Gasteiger partial charge in [-0.1, -0.05) is 248 Å². The van der Waals surface area contributed by atoms with Crippen molar-refractivity contribution in [2.75, 3.05) is 40.9 Å². The summed E-state index contributed by atoms with van der Waals surface area (Å²) in [7, 11) is 1.48. The van der Waals surface area contributed by atoms with Gasteiger partial charge in [-0.3, -0.25) is 18.6 Å². The molecule has 1 amide bonds. The summed E-state index contributed by atoms with van der Waals surface area (Å²) < 4.78 is 30.7. The van der Waals surface area contributed by atoms with Crippen LogP contribution >= 0.6 is 7.82 Å². The molecule has 0 rings (SSSR count). The number of nitrogens with one attached hydrogen (secondary N) is 1. The van der Waals surface area contributed by atoms with Crippen molar-refractivity contribution in [3.63, 3.8) is 0 Å². The van der Waals surface area contributed by atoms with Gasteiger partial charge in [-0.25, -0.2) is 4.57 Å². The fourth-order valence-corrected chi connectivity index (χ4v) is 9.67. The van der Waals surface area contributed by atoms with Crippen LogP contribution in [0.1, 0.15) is 284 Å². The number of phosphoric acid groups is 1. The molecule has 2 N–H and O–H groups in total. The topological polar surface area (TPSA) is 111 Å². The van der Waals surface area contributed by atoms with Gasteiger partial charge in [-0.15, -0.1) is 0 Å². The van der Waals surface area contributed by atoms with Crippen molar-refractivity contribution < 1.29 is 37.3 Å². The Morgan fingerprint density at radius 2 is 0.842 bits per heavy atom. The number of phosphoric ester groups is 1. The van der Waals surface area contributed by atoms with Crippen LogP contribution in [-0.4, -0.2) is 74.3 Å². The molecule has 10 heteroatoms. The largest absolute Gasteiger partial charge is 0.472 e. The number of amides is 1. The molecule has 0 aromatic rings. The van der Waals surface area contributed by atoms with Crippen molar-refractivity contribution in [1.82, 2.24) is 5.32 Å². The smallest absolute Gasteiger partial charge is 0.456 e. The third-order valence-corrected chi connectivity index (χ3v) is 14.9. The minimum atomic E-state index is -4.45. The van der Waals surface area contributed by atoms with E-state index in [1.54, 1.807) is 0 Å². The Balaban J connectivity index is 5.20. The number of rotatable bonds is 57. The monoisotopic (exact) mass is 1090 g/mol. The van der Waals surface area contributed by atoms with Gasteiger partial charge < -0.3 is 19.4 Å². The first-order valence-electron chi connectivity index (χ1n) is 31.8. The van der Waals surface area contributed by atoms with Gasteiger partial charge in [0.15, 0.2) is 0 Å². The van der Waals surface area contributed by atoms with Crippen molar-refractivity contribution in [2.24, 2.45) is 0 Å². The number of likely N-dealkylation sites (N-methyl/N-ethyl adjacent to an activating group) is 1. The summed E-state index contributed by atoms with van der Waals surface area (Å²) in [6, 6.07) is -0.858. The number of hydrogen-bond donors (Lipinski definition) is 2. The van der Waals surface area contributed by atoms with Crippen LogP contribution in [-0.2, 0) is 27.9 Å². The molecule has 0 radical (unpaired) electrons. The second-order valence-electron chi connectivity index (χ2n) is 22.6. The van der Waals surface area contributed by atoms with Gasteiger partial charge in [0.25, 0.3) is 0 Å².